The zero-order valence-corrected chi connectivity index (χ0v) is 12.9. The van der Waals surface area contributed by atoms with Crippen LogP contribution in [0.3, 0.4) is 0 Å². The van der Waals surface area contributed by atoms with E-state index in [4.69, 9.17) is 4.74 Å². The Bertz CT molecular complexity index is 437. The highest BCUT2D eigenvalue weighted by molar-refractivity contribution is 5.19. The Balaban J connectivity index is 2.17. The summed E-state index contributed by atoms with van der Waals surface area (Å²) in [5.41, 5.74) is 0.789. The zero-order chi connectivity index (χ0) is 14.7. The molecule has 5 atom stereocenters. The molecule has 0 radical (unpaired) electrons. The van der Waals surface area contributed by atoms with Gasteiger partial charge in [0.1, 0.15) is 5.82 Å². The molecule has 1 aromatic carbocycles. The highest BCUT2D eigenvalue weighted by Gasteiger charge is 2.41. The summed E-state index contributed by atoms with van der Waals surface area (Å²) >= 11 is 0. The number of ether oxygens (including phenoxy) is 1. The van der Waals surface area contributed by atoms with E-state index in [1.807, 2.05) is 12.1 Å². The third-order valence-electron chi connectivity index (χ3n) is 4.65. The van der Waals surface area contributed by atoms with Crippen LogP contribution in [0.15, 0.2) is 24.3 Å². The molecule has 5 unspecified atom stereocenters. The second kappa shape index (κ2) is 6.68. The van der Waals surface area contributed by atoms with Gasteiger partial charge in [-0.1, -0.05) is 32.0 Å². The van der Waals surface area contributed by atoms with Gasteiger partial charge in [-0.05, 0) is 44.4 Å². The van der Waals surface area contributed by atoms with Crippen LogP contribution in [-0.2, 0) is 11.2 Å². The Morgan fingerprint density at radius 2 is 1.90 bits per heavy atom. The largest absolute Gasteiger partial charge is 0.375 e. The lowest BCUT2D eigenvalue weighted by atomic mass is 9.81. The fourth-order valence-electron chi connectivity index (χ4n) is 3.49. The van der Waals surface area contributed by atoms with E-state index in [1.54, 1.807) is 12.1 Å². The maximum absolute atomic E-state index is 13.9. The van der Waals surface area contributed by atoms with Gasteiger partial charge in [-0.2, -0.15) is 0 Å². The van der Waals surface area contributed by atoms with E-state index in [2.05, 4.69) is 33.0 Å². The number of hydrogen-bond donors (Lipinski definition) is 1. The van der Waals surface area contributed by atoms with Crippen molar-refractivity contribution in [3.8, 4) is 0 Å². The van der Waals surface area contributed by atoms with Crippen molar-refractivity contribution >= 4 is 0 Å². The Labute approximate surface area is 121 Å². The summed E-state index contributed by atoms with van der Waals surface area (Å²) in [6.45, 7) is 9.50. The molecular weight excluding hydrogens is 253 g/mol. The molecule has 1 N–H and O–H groups in total. The summed E-state index contributed by atoms with van der Waals surface area (Å²) < 4.78 is 19.8. The minimum Gasteiger partial charge on any atom is -0.375 e. The van der Waals surface area contributed by atoms with Gasteiger partial charge in [0.25, 0.3) is 0 Å². The van der Waals surface area contributed by atoms with Gasteiger partial charge in [0.2, 0.25) is 0 Å². The van der Waals surface area contributed by atoms with E-state index >= 15 is 0 Å². The zero-order valence-electron chi connectivity index (χ0n) is 12.9. The molecule has 1 saturated heterocycles. The standard InChI is InChI=1S/C17H26FNO/c1-5-19-16(10-14-8-6-7-9-15(14)18)17-11(2)12(3)20-13(17)4/h6-9,11-13,16-17,19H,5,10H2,1-4H3. The van der Waals surface area contributed by atoms with Crippen molar-refractivity contribution in [2.24, 2.45) is 11.8 Å². The smallest absolute Gasteiger partial charge is 0.126 e. The molecule has 2 rings (SSSR count). The van der Waals surface area contributed by atoms with E-state index in [1.165, 1.54) is 0 Å². The van der Waals surface area contributed by atoms with Crippen LogP contribution in [0.1, 0.15) is 33.3 Å². The third kappa shape index (κ3) is 3.21. The van der Waals surface area contributed by atoms with Crippen molar-refractivity contribution in [2.75, 3.05) is 6.54 Å². The molecule has 20 heavy (non-hydrogen) atoms. The molecular formula is C17H26FNO. The van der Waals surface area contributed by atoms with Crippen LogP contribution in [0.2, 0.25) is 0 Å². The quantitative estimate of drug-likeness (QED) is 0.892. The molecule has 1 fully saturated rings. The molecule has 1 aromatic rings. The summed E-state index contributed by atoms with van der Waals surface area (Å²) in [6.07, 6.45) is 1.21. The van der Waals surface area contributed by atoms with Crippen LogP contribution in [0.4, 0.5) is 4.39 Å². The molecule has 1 heterocycles. The SMILES string of the molecule is CCNC(Cc1ccccc1F)C1C(C)OC(C)C1C. The summed E-state index contributed by atoms with van der Waals surface area (Å²) in [5.74, 6) is 0.799. The molecule has 112 valence electrons. The van der Waals surface area contributed by atoms with Gasteiger partial charge < -0.3 is 10.1 Å². The van der Waals surface area contributed by atoms with Crippen LogP contribution >= 0.6 is 0 Å². The summed E-state index contributed by atoms with van der Waals surface area (Å²) in [4.78, 5) is 0. The normalized spacial score (nSPS) is 31.4. The number of rotatable bonds is 5. The van der Waals surface area contributed by atoms with Gasteiger partial charge >= 0.3 is 0 Å². The van der Waals surface area contributed by atoms with Crippen molar-refractivity contribution in [3.63, 3.8) is 0 Å². The summed E-state index contributed by atoms with van der Waals surface area (Å²) in [5, 5.41) is 3.53. The molecule has 0 saturated carbocycles. The minimum absolute atomic E-state index is 0.109. The molecule has 0 bridgehead atoms. The summed E-state index contributed by atoms with van der Waals surface area (Å²) in [6, 6.07) is 7.33. The number of halogens is 1. The lowest BCUT2D eigenvalue weighted by Crippen LogP contribution is -2.43. The number of benzene rings is 1. The van der Waals surface area contributed by atoms with Crippen molar-refractivity contribution in [1.82, 2.24) is 5.32 Å². The first kappa shape index (κ1) is 15.5. The highest BCUT2D eigenvalue weighted by Crippen LogP contribution is 2.35. The van der Waals surface area contributed by atoms with E-state index in [-0.39, 0.29) is 24.1 Å². The van der Waals surface area contributed by atoms with Gasteiger partial charge in [0, 0.05) is 12.0 Å². The van der Waals surface area contributed by atoms with Gasteiger partial charge in [-0.3, -0.25) is 0 Å². The van der Waals surface area contributed by atoms with Crippen LogP contribution < -0.4 is 5.32 Å². The third-order valence-corrected chi connectivity index (χ3v) is 4.65. The second-order valence-electron chi connectivity index (χ2n) is 5.94. The van der Waals surface area contributed by atoms with E-state index < -0.39 is 0 Å². The monoisotopic (exact) mass is 279 g/mol. The Morgan fingerprint density at radius 1 is 1.20 bits per heavy atom. The molecule has 1 aliphatic heterocycles. The average molecular weight is 279 g/mol. The predicted molar refractivity (Wildman–Crippen MR) is 80.2 cm³/mol. The van der Waals surface area contributed by atoms with E-state index in [0.717, 1.165) is 18.5 Å². The van der Waals surface area contributed by atoms with Crippen molar-refractivity contribution < 1.29 is 9.13 Å². The molecule has 0 amide bonds. The number of likely N-dealkylation sites (N-methyl/N-ethyl adjacent to an activating group) is 1. The first-order valence-electron chi connectivity index (χ1n) is 7.66. The average Bonchev–Trinajstić information content (AvgIpc) is 2.65. The van der Waals surface area contributed by atoms with Crippen LogP contribution in [0, 0.1) is 17.7 Å². The molecule has 1 aliphatic rings. The van der Waals surface area contributed by atoms with Gasteiger partial charge in [-0.25, -0.2) is 4.39 Å². The molecule has 0 aromatic heterocycles. The molecule has 3 heteroatoms. The number of nitrogens with one attached hydrogen (secondary N) is 1. The first-order chi connectivity index (χ1) is 9.54. The van der Waals surface area contributed by atoms with E-state index in [9.17, 15) is 4.39 Å². The Morgan fingerprint density at radius 3 is 2.45 bits per heavy atom. The maximum atomic E-state index is 13.9. The predicted octanol–water partition coefficient (Wildman–Crippen LogP) is 3.41. The highest BCUT2D eigenvalue weighted by atomic mass is 19.1. The topological polar surface area (TPSA) is 21.3 Å². The molecule has 0 spiro atoms. The van der Waals surface area contributed by atoms with Gasteiger partial charge in [0.05, 0.1) is 12.2 Å². The lowest BCUT2D eigenvalue weighted by Gasteiger charge is -2.30. The van der Waals surface area contributed by atoms with Crippen molar-refractivity contribution in [3.05, 3.63) is 35.6 Å². The Kier molecular flexibility index (Phi) is 5.17. The van der Waals surface area contributed by atoms with Crippen molar-refractivity contribution in [2.45, 2.75) is 52.4 Å². The molecule has 0 aliphatic carbocycles. The fourth-order valence-corrected chi connectivity index (χ4v) is 3.49. The van der Waals surface area contributed by atoms with Gasteiger partial charge in [0.15, 0.2) is 0 Å². The van der Waals surface area contributed by atoms with E-state index in [0.29, 0.717) is 11.8 Å². The maximum Gasteiger partial charge on any atom is 0.126 e. The van der Waals surface area contributed by atoms with Crippen LogP contribution in [0.25, 0.3) is 0 Å². The Hall–Kier alpha value is -0.930. The minimum atomic E-state index is -0.109. The van der Waals surface area contributed by atoms with Crippen LogP contribution in [-0.4, -0.2) is 24.8 Å². The van der Waals surface area contributed by atoms with Crippen LogP contribution in [0.5, 0.6) is 0 Å². The first-order valence-corrected chi connectivity index (χ1v) is 7.66. The molecule has 2 nitrogen and oxygen atoms in total. The summed E-state index contributed by atoms with van der Waals surface area (Å²) in [7, 11) is 0. The van der Waals surface area contributed by atoms with Crippen molar-refractivity contribution in [1.29, 1.82) is 0 Å². The number of hydrogen-bond acceptors (Lipinski definition) is 2. The second-order valence-corrected chi connectivity index (χ2v) is 5.94. The van der Waals surface area contributed by atoms with Gasteiger partial charge in [-0.15, -0.1) is 0 Å². The fraction of sp³-hybridized carbons (Fsp3) is 0.647. The lowest BCUT2D eigenvalue weighted by molar-refractivity contribution is 0.0476.